The van der Waals surface area contributed by atoms with E-state index >= 15 is 0 Å². The molecule has 0 spiro atoms. The Kier molecular flexibility index (Phi) is 4.10. The molecule has 6 heteroatoms. The zero-order chi connectivity index (χ0) is 17.5. The van der Waals surface area contributed by atoms with Gasteiger partial charge in [0.1, 0.15) is 0 Å². The summed E-state index contributed by atoms with van der Waals surface area (Å²) in [6, 6.07) is 6.49. The van der Waals surface area contributed by atoms with Crippen LogP contribution in [0.25, 0.3) is 0 Å². The number of fused-ring (bicyclic) bond motifs is 2. The number of aromatic nitrogens is 2. The van der Waals surface area contributed by atoms with Gasteiger partial charge in [-0.1, -0.05) is 6.07 Å². The fourth-order valence-corrected chi connectivity index (χ4v) is 4.10. The minimum absolute atomic E-state index is 0.246. The van der Waals surface area contributed by atoms with Crippen molar-refractivity contribution in [3.8, 4) is 11.5 Å². The maximum atomic E-state index is 5.60. The summed E-state index contributed by atoms with van der Waals surface area (Å²) in [6.07, 6.45) is 5.79. The van der Waals surface area contributed by atoms with Gasteiger partial charge in [-0.2, -0.15) is 5.10 Å². The molecule has 2 aromatic rings. The smallest absolute Gasteiger partial charge is 0.231 e. The van der Waals surface area contributed by atoms with Crippen molar-refractivity contribution >= 4 is 0 Å². The summed E-state index contributed by atoms with van der Waals surface area (Å²) in [5.74, 6) is 2.50. The highest BCUT2D eigenvalue weighted by Gasteiger charge is 2.33. The Morgan fingerprint density at radius 3 is 2.96 bits per heavy atom. The lowest BCUT2D eigenvalue weighted by atomic mass is 9.99. The van der Waals surface area contributed by atoms with E-state index in [1.807, 2.05) is 6.07 Å². The van der Waals surface area contributed by atoms with Crippen molar-refractivity contribution in [3.63, 3.8) is 0 Å². The summed E-state index contributed by atoms with van der Waals surface area (Å²) in [5, 5.41) is 4.70. The summed E-state index contributed by atoms with van der Waals surface area (Å²) < 4.78 is 18.8. The number of benzene rings is 1. The maximum Gasteiger partial charge on any atom is 0.231 e. The summed E-state index contributed by atoms with van der Waals surface area (Å²) in [7, 11) is 1.79. The van der Waals surface area contributed by atoms with Crippen molar-refractivity contribution in [2.75, 3.05) is 27.1 Å². The first-order valence-corrected chi connectivity index (χ1v) is 9.48. The maximum absolute atomic E-state index is 5.60. The molecule has 0 radical (unpaired) electrons. The molecule has 6 nitrogen and oxygen atoms in total. The lowest BCUT2D eigenvalue weighted by Crippen LogP contribution is -2.38. The predicted octanol–water partition coefficient (Wildman–Crippen LogP) is 2.77. The molecule has 0 amide bonds. The van der Waals surface area contributed by atoms with Gasteiger partial charge >= 0.3 is 0 Å². The van der Waals surface area contributed by atoms with Crippen LogP contribution in [0.15, 0.2) is 24.4 Å². The second kappa shape index (κ2) is 6.59. The number of methoxy groups -OCH3 is 1. The van der Waals surface area contributed by atoms with Crippen LogP contribution < -0.4 is 9.47 Å². The average molecular weight is 355 g/mol. The first-order valence-electron chi connectivity index (χ1n) is 9.48. The molecule has 3 aliphatic rings. The molecule has 0 unspecified atom stereocenters. The quantitative estimate of drug-likeness (QED) is 0.797. The Labute approximate surface area is 153 Å². The largest absolute Gasteiger partial charge is 0.454 e. The third-order valence-corrected chi connectivity index (χ3v) is 5.66. The van der Waals surface area contributed by atoms with Crippen molar-refractivity contribution in [2.24, 2.45) is 5.92 Å². The molecular formula is C20H25N3O3. The average Bonchev–Trinajstić information content (AvgIpc) is 3.18. The van der Waals surface area contributed by atoms with Crippen LogP contribution in [0.4, 0.5) is 0 Å². The monoisotopic (exact) mass is 355 g/mol. The Hall–Kier alpha value is -2.05. The first-order chi connectivity index (χ1) is 12.8. The lowest BCUT2D eigenvalue weighted by Gasteiger charge is -2.36. The minimum atomic E-state index is 0.246. The van der Waals surface area contributed by atoms with E-state index in [4.69, 9.17) is 19.3 Å². The van der Waals surface area contributed by atoms with E-state index in [9.17, 15) is 0 Å². The SMILES string of the molecule is COC[C@@H]1c2c(cnn2CC2CC2)CCN1Cc1ccc2c(c1)OCO2. The van der Waals surface area contributed by atoms with Gasteiger partial charge in [0.05, 0.1) is 24.5 Å². The molecular weight excluding hydrogens is 330 g/mol. The van der Waals surface area contributed by atoms with Crippen molar-refractivity contribution in [1.29, 1.82) is 0 Å². The Balaban J connectivity index is 1.40. The molecule has 2 aliphatic heterocycles. The van der Waals surface area contributed by atoms with Gasteiger partial charge in [-0.3, -0.25) is 9.58 Å². The normalized spacial score (nSPS) is 21.8. The molecule has 138 valence electrons. The number of ether oxygens (including phenoxy) is 3. The number of nitrogens with zero attached hydrogens (tertiary/aromatic N) is 3. The predicted molar refractivity (Wildman–Crippen MR) is 96.2 cm³/mol. The van der Waals surface area contributed by atoms with E-state index in [0.717, 1.165) is 43.5 Å². The first kappa shape index (κ1) is 16.1. The number of hydrogen-bond acceptors (Lipinski definition) is 5. The second-order valence-electron chi connectivity index (χ2n) is 7.56. The highest BCUT2D eigenvalue weighted by Crippen LogP contribution is 2.37. The zero-order valence-corrected chi connectivity index (χ0v) is 15.2. The summed E-state index contributed by atoms with van der Waals surface area (Å²) in [4.78, 5) is 2.51. The summed E-state index contributed by atoms with van der Waals surface area (Å²) in [5.41, 5.74) is 3.98. The topological polar surface area (TPSA) is 48.8 Å². The Morgan fingerprint density at radius 2 is 2.12 bits per heavy atom. The minimum Gasteiger partial charge on any atom is -0.454 e. The third-order valence-electron chi connectivity index (χ3n) is 5.66. The molecule has 26 heavy (non-hydrogen) atoms. The molecule has 5 rings (SSSR count). The van der Waals surface area contributed by atoms with Crippen LogP contribution in [0.1, 0.15) is 35.7 Å². The molecule has 1 aromatic carbocycles. The van der Waals surface area contributed by atoms with Gasteiger partial charge in [-0.05, 0) is 48.4 Å². The lowest BCUT2D eigenvalue weighted by molar-refractivity contribution is 0.0725. The molecule has 1 saturated carbocycles. The van der Waals surface area contributed by atoms with Crippen molar-refractivity contribution < 1.29 is 14.2 Å². The van der Waals surface area contributed by atoms with Crippen molar-refractivity contribution in [1.82, 2.24) is 14.7 Å². The van der Waals surface area contributed by atoms with Crippen molar-refractivity contribution in [2.45, 2.75) is 38.4 Å². The van der Waals surface area contributed by atoms with Crippen LogP contribution in [0.3, 0.4) is 0 Å². The molecule has 1 aromatic heterocycles. The van der Waals surface area contributed by atoms with Crippen LogP contribution in [0.5, 0.6) is 11.5 Å². The van der Waals surface area contributed by atoms with Crippen LogP contribution >= 0.6 is 0 Å². The van der Waals surface area contributed by atoms with Crippen LogP contribution in [0.2, 0.25) is 0 Å². The molecule has 0 saturated heterocycles. The van der Waals surface area contributed by atoms with E-state index in [-0.39, 0.29) is 6.04 Å². The zero-order valence-electron chi connectivity index (χ0n) is 15.2. The molecule has 0 bridgehead atoms. The van der Waals surface area contributed by atoms with E-state index in [0.29, 0.717) is 13.4 Å². The third kappa shape index (κ3) is 2.97. The Bertz CT molecular complexity index is 800. The Morgan fingerprint density at radius 1 is 1.23 bits per heavy atom. The van der Waals surface area contributed by atoms with Gasteiger partial charge in [0.25, 0.3) is 0 Å². The van der Waals surface area contributed by atoms with Gasteiger partial charge in [-0.15, -0.1) is 0 Å². The molecule has 1 fully saturated rings. The van der Waals surface area contributed by atoms with Gasteiger partial charge < -0.3 is 14.2 Å². The fraction of sp³-hybridized carbons (Fsp3) is 0.550. The van der Waals surface area contributed by atoms with E-state index in [2.05, 4.69) is 27.9 Å². The standard InChI is InChI=1S/C20H25N3O3/c1-24-12-17-20-16(9-21-23(20)11-14-2-3-14)6-7-22(17)10-15-4-5-18-19(8-15)26-13-25-18/h4-5,8-9,14,17H,2-3,6-7,10-13H2,1H3/t17-/m1/s1. The summed E-state index contributed by atoms with van der Waals surface area (Å²) >= 11 is 0. The van der Waals surface area contributed by atoms with Gasteiger partial charge in [-0.25, -0.2) is 0 Å². The molecule has 3 heterocycles. The number of rotatable bonds is 6. The van der Waals surface area contributed by atoms with Gasteiger partial charge in [0.15, 0.2) is 11.5 Å². The summed E-state index contributed by atoms with van der Waals surface area (Å²) in [6.45, 7) is 3.95. The number of hydrogen-bond donors (Lipinski definition) is 0. The highest BCUT2D eigenvalue weighted by atomic mass is 16.7. The van der Waals surface area contributed by atoms with Crippen LogP contribution in [-0.4, -0.2) is 41.7 Å². The van der Waals surface area contributed by atoms with E-state index in [1.165, 1.54) is 29.7 Å². The second-order valence-corrected chi connectivity index (χ2v) is 7.56. The van der Waals surface area contributed by atoms with Gasteiger partial charge in [0, 0.05) is 26.7 Å². The molecule has 1 aliphatic carbocycles. The van der Waals surface area contributed by atoms with Gasteiger partial charge in [0.2, 0.25) is 6.79 Å². The van der Waals surface area contributed by atoms with E-state index < -0.39 is 0 Å². The van der Waals surface area contributed by atoms with E-state index in [1.54, 1.807) is 7.11 Å². The van der Waals surface area contributed by atoms with Crippen molar-refractivity contribution in [3.05, 3.63) is 41.2 Å². The molecule has 0 N–H and O–H groups in total. The van der Waals surface area contributed by atoms with Crippen LogP contribution in [-0.2, 0) is 24.2 Å². The molecule has 1 atom stereocenters. The highest BCUT2D eigenvalue weighted by molar-refractivity contribution is 5.44. The fourth-order valence-electron chi connectivity index (χ4n) is 4.10. The van der Waals surface area contributed by atoms with Crippen LogP contribution in [0, 0.1) is 5.92 Å².